The highest BCUT2D eigenvalue weighted by Crippen LogP contribution is 2.45. The molecule has 0 saturated carbocycles. The van der Waals surface area contributed by atoms with Gasteiger partial charge in [0.2, 0.25) is 0 Å². The van der Waals surface area contributed by atoms with Gasteiger partial charge in [-0.2, -0.15) is 0 Å². The summed E-state index contributed by atoms with van der Waals surface area (Å²) in [5, 5.41) is 10.6. The molecule has 0 aromatic heterocycles. The van der Waals surface area contributed by atoms with E-state index < -0.39 is 97.5 Å². The normalized spacial score (nSPS) is 14.0. The van der Waals surface area contributed by atoms with Crippen LogP contribution in [0.3, 0.4) is 0 Å². The number of hydrogen-bond acceptors (Lipinski definition) is 15. The number of carbonyl (C=O) groups is 4. The zero-order valence-electron chi connectivity index (χ0n) is 66.5. The highest BCUT2D eigenvalue weighted by molar-refractivity contribution is 7.47. The Bertz CT molecular complexity index is 1970. The van der Waals surface area contributed by atoms with Crippen molar-refractivity contribution in [3.8, 4) is 0 Å². The van der Waals surface area contributed by atoms with E-state index in [0.29, 0.717) is 31.6 Å². The van der Waals surface area contributed by atoms with Crippen molar-refractivity contribution in [2.75, 3.05) is 39.6 Å². The first-order valence-corrected chi connectivity index (χ1v) is 45.2. The van der Waals surface area contributed by atoms with Crippen molar-refractivity contribution in [1.29, 1.82) is 0 Å². The quantitative estimate of drug-likeness (QED) is 0.0222. The zero-order valence-corrected chi connectivity index (χ0v) is 68.3. The first-order valence-electron chi connectivity index (χ1n) is 42.2. The molecule has 0 bridgehead atoms. The Kier molecular flexibility index (Phi) is 69.6. The molecule has 0 amide bonds. The Morgan fingerprint density at radius 2 is 0.416 bits per heavy atom. The molecule has 0 aliphatic carbocycles. The van der Waals surface area contributed by atoms with Crippen LogP contribution in [0, 0.1) is 23.7 Å². The Morgan fingerprint density at radius 3 is 0.614 bits per heavy atom. The smallest absolute Gasteiger partial charge is 0.462 e. The second-order valence-corrected chi connectivity index (χ2v) is 34.3. The molecule has 0 radical (unpaired) electrons. The Morgan fingerprint density at radius 1 is 0.248 bits per heavy atom. The molecule has 0 heterocycles. The van der Waals surface area contributed by atoms with Crippen LogP contribution in [0.5, 0.6) is 0 Å². The lowest BCUT2D eigenvalue weighted by atomic mass is 10.0. The summed E-state index contributed by atoms with van der Waals surface area (Å²) in [7, 11) is -9.92. The van der Waals surface area contributed by atoms with Crippen LogP contribution >= 0.6 is 15.6 Å². The van der Waals surface area contributed by atoms with Crippen LogP contribution in [-0.2, 0) is 65.4 Å². The molecule has 0 fully saturated rings. The van der Waals surface area contributed by atoms with Gasteiger partial charge in [-0.15, -0.1) is 0 Å². The first-order chi connectivity index (χ1) is 48.6. The number of phosphoric acid groups is 2. The van der Waals surface area contributed by atoms with E-state index in [1.165, 1.54) is 218 Å². The molecule has 0 rings (SSSR count). The van der Waals surface area contributed by atoms with Crippen molar-refractivity contribution >= 4 is 39.5 Å². The number of hydrogen-bond donors (Lipinski definition) is 3. The molecule has 0 aliphatic heterocycles. The lowest BCUT2D eigenvalue weighted by molar-refractivity contribution is -0.161. The molecule has 3 N–H and O–H groups in total. The number of rotatable bonds is 79. The van der Waals surface area contributed by atoms with E-state index >= 15 is 0 Å². The van der Waals surface area contributed by atoms with Crippen LogP contribution in [0.2, 0.25) is 0 Å². The molecule has 600 valence electrons. The molecule has 0 aromatic carbocycles. The standard InChI is InChI=1S/C82H160O17P2/c1-72(2)58-50-42-34-28-22-16-13-11-9-10-12-14-18-25-31-37-46-54-62-79(84)92-68-77(98-81(86)65-57-49-39-33-27-21-20-24-30-36-44-52-60-74(5)6)70-96-100(88,89)94-66-76(83)67-95-101(90,91)97-71-78(69-93-80(85)63-55-47-41-40-45-53-61-75(7)8)99-82(87)64-56-48-38-32-26-19-15-17-23-29-35-43-51-59-73(3)4/h72-78,83H,9-71H2,1-8H3,(H,88,89)(H,90,91)/t76-,77-,78-/m1/s1. The number of aliphatic hydroxyl groups excluding tert-OH is 1. The molecule has 2 unspecified atom stereocenters. The summed E-state index contributed by atoms with van der Waals surface area (Å²) >= 11 is 0. The van der Waals surface area contributed by atoms with Crippen LogP contribution in [-0.4, -0.2) is 96.7 Å². The van der Waals surface area contributed by atoms with E-state index in [1.54, 1.807) is 0 Å². The minimum absolute atomic E-state index is 0.106. The van der Waals surface area contributed by atoms with Crippen LogP contribution in [0.15, 0.2) is 0 Å². The molecule has 0 aromatic rings. The minimum atomic E-state index is -4.96. The van der Waals surface area contributed by atoms with E-state index in [1.807, 2.05) is 0 Å². The largest absolute Gasteiger partial charge is 0.472 e. The molecule has 101 heavy (non-hydrogen) atoms. The van der Waals surface area contributed by atoms with E-state index in [2.05, 4.69) is 55.4 Å². The Hall–Kier alpha value is -1.94. The van der Waals surface area contributed by atoms with Crippen molar-refractivity contribution < 1.29 is 80.2 Å². The van der Waals surface area contributed by atoms with Crippen molar-refractivity contribution in [2.24, 2.45) is 23.7 Å². The maximum atomic E-state index is 13.1. The highest BCUT2D eigenvalue weighted by Gasteiger charge is 2.30. The average molecular weight is 1480 g/mol. The predicted octanol–water partition coefficient (Wildman–Crippen LogP) is 24.4. The van der Waals surface area contributed by atoms with Crippen molar-refractivity contribution in [2.45, 2.75) is 440 Å². The van der Waals surface area contributed by atoms with Gasteiger partial charge < -0.3 is 33.8 Å². The van der Waals surface area contributed by atoms with E-state index in [4.69, 9.17) is 37.0 Å². The van der Waals surface area contributed by atoms with E-state index in [0.717, 1.165) is 114 Å². The van der Waals surface area contributed by atoms with Gasteiger partial charge >= 0.3 is 39.5 Å². The van der Waals surface area contributed by atoms with Gasteiger partial charge in [0.15, 0.2) is 12.2 Å². The first kappa shape index (κ1) is 99.1. The molecule has 0 saturated heterocycles. The topological polar surface area (TPSA) is 237 Å². The van der Waals surface area contributed by atoms with Crippen molar-refractivity contribution in [1.82, 2.24) is 0 Å². The number of ether oxygens (including phenoxy) is 4. The van der Waals surface area contributed by atoms with E-state index in [-0.39, 0.29) is 25.7 Å². The molecular formula is C82H160O17P2. The fourth-order valence-electron chi connectivity index (χ4n) is 12.6. The number of unbranched alkanes of at least 4 members (excludes halogenated alkanes) is 45. The van der Waals surface area contributed by atoms with Gasteiger partial charge in [0.25, 0.3) is 0 Å². The summed E-state index contributed by atoms with van der Waals surface area (Å²) < 4.78 is 68.7. The lowest BCUT2D eigenvalue weighted by Crippen LogP contribution is -2.30. The molecular weight excluding hydrogens is 1320 g/mol. The van der Waals surface area contributed by atoms with Crippen molar-refractivity contribution in [3.05, 3.63) is 0 Å². The third-order valence-electron chi connectivity index (χ3n) is 19.1. The maximum Gasteiger partial charge on any atom is 0.472 e. The second kappa shape index (κ2) is 71.0. The summed E-state index contributed by atoms with van der Waals surface area (Å²) in [5.74, 6) is 0.951. The number of carbonyl (C=O) groups excluding carboxylic acids is 4. The summed E-state index contributed by atoms with van der Waals surface area (Å²) in [6, 6.07) is 0. The summed E-state index contributed by atoms with van der Waals surface area (Å²) in [4.78, 5) is 73.0. The fourth-order valence-corrected chi connectivity index (χ4v) is 14.2. The van der Waals surface area contributed by atoms with Crippen LogP contribution < -0.4 is 0 Å². The van der Waals surface area contributed by atoms with Crippen LogP contribution in [0.4, 0.5) is 0 Å². The third-order valence-corrected chi connectivity index (χ3v) is 21.0. The molecule has 0 spiro atoms. The number of esters is 4. The van der Waals surface area contributed by atoms with Gasteiger partial charge in [-0.05, 0) is 49.4 Å². The van der Waals surface area contributed by atoms with Gasteiger partial charge in [-0.3, -0.25) is 37.3 Å². The summed E-state index contributed by atoms with van der Waals surface area (Å²) in [6.07, 6.45) is 58.5. The van der Waals surface area contributed by atoms with Gasteiger partial charge in [0.1, 0.15) is 19.3 Å². The van der Waals surface area contributed by atoms with Gasteiger partial charge in [-0.25, -0.2) is 9.13 Å². The lowest BCUT2D eigenvalue weighted by Gasteiger charge is -2.21. The minimum Gasteiger partial charge on any atom is -0.462 e. The molecule has 5 atom stereocenters. The fraction of sp³-hybridized carbons (Fsp3) is 0.951. The zero-order chi connectivity index (χ0) is 74.6. The second-order valence-electron chi connectivity index (χ2n) is 31.4. The monoisotopic (exact) mass is 1480 g/mol. The summed E-state index contributed by atoms with van der Waals surface area (Å²) in [6.45, 7) is 14.2. The van der Waals surface area contributed by atoms with E-state index in [9.17, 15) is 43.2 Å². The average Bonchev–Trinajstić information content (AvgIpc) is 0.989. The molecule has 0 aliphatic rings. The van der Waals surface area contributed by atoms with Gasteiger partial charge in [0, 0.05) is 25.7 Å². The number of phosphoric ester groups is 2. The SMILES string of the molecule is CC(C)CCCCCCCCCCCCCCCCCCCCC(=O)OC[C@H](COP(=O)(O)OC[C@@H](O)COP(=O)(O)OC[C@@H](COC(=O)CCCCCCCCC(C)C)OC(=O)CCCCCCCCCCCCCCCC(C)C)OC(=O)CCCCCCCCCCCCCCC(C)C. The number of aliphatic hydroxyl groups is 1. The van der Waals surface area contributed by atoms with Crippen LogP contribution in [0.1, 0.15) is 421 Å². The van der Waals surface area contributed by atoms with Crippen LogP contribution in [0.25, 0.3) is 0 Å². The van der Waals surface area contributed by atoms with Gasteiger partial charge in [0.05, 0.1) is 26.4 Å². The highest BCUT2D eigenvalue weighted by atomic mass is 31.2. The Labute approximate surface area is 619 Å². The molecule has 19 heteroatoms. The third kappa shape index (κ3) is 76.1. The summed E-state index contributed by atoms with van der Waals surface area (Å²) in [5.41, 5.74) is 0. The Balaban J connectivity index is 5.20. The predicted molar refractivity (Wildman–Crippen MR) is 414 cm³/mol. The van der Waals surface area contributed by atoms with Gasteiger partial charge in [-0.1, -0.05) is 370 Å². The maximum absolute atomic E-state index is 13.1. The molecule has 17 nitrogen and oxygen atoms in total. The van der Waals surface area contributed by atoms with Crippen molar-refractivity contribution in [3.63, 3.8) is 0 Å².